The zero-order valence-electron chi connectivity index (χ0n) is 14.0. The van der Waals surface area contributed by atoms with Crippen molar-refractivity contribution in [1.82, 2.24) is 9.88 Å². The Kier molecular flexibility index (Phi) is 3.88. The molecule has 0 bridgehead atoms. The van der Waals surface area contributed by atoms with Gasteiger partial charge in [-0.05, 0) is 62.1 Å². The van der Waals surface area contributed by atoms with Gasteiger partial charge in [0.2, 0.25) is 0 Å². The molecule has 1 saturated heterocycles. The van der Waals surface area contributed by atoms with E-state index in [1.807, 2.05) is 24.0 Å². The summed E-state index contributed by atoms with van der Waals surface area (Å²) in [7, 11) is 0. The molecule has 4 rings (SSSR count). The molecule has 2 heterocycles. The molecule has 1 aliphatic heterocycles. The van der Waals surface area contributed by atoms with Crippen molar-refractivity contribution < 1.29 is 9.53 Å². The monoisotopic (exact) mass is 314 g/mol. The van der Waals surface area contributed by atoms with Crippen LogP contribution in [0.3, 0.4) is 0 Å². The minimum absolute atomic E-state index is 0.0877. The second-order valence-electron chi connectivity index (χ2n) is 7.81. The quantitative estimate of drug-likeness (QED) is 0.839. The van der Waals surface area contributed by atoms with Gasteiger partial charge in [0.25, 0.3) is 5.91 Å². The smallest absolute Gasteiger partial charge is 0.272 e. The Labute approximate surface area is 138 Å². The molecule has 0 spiro atoms. The zero-order valence-corrected chi connectivity index (χ0v) is 14.0. The SMILES string of the molecule is Cc1ccnc(C(=O)N2C[C@H]3CCC[C@@]3(COCC3CC3)C2)c1. The Bertz CT molecular complexity index is 599. The van der Waals surface area contributed by atoms with E-state index in [1.54, 1.807) is 6.20 Å². The first-order chi connectivity index (χ1) is 11.2. The van der Waals surface area contributed by atoms with Crippen LogP contribution in [0.5, 0.6) is 0 Å². The van der Waals surface area contributed by atoms with Crippen molar-refractivity contribution in [1.29, 1.82) is 0 Å². The van der Waals surface area contributed by atoms with Crippen LogP contribution in [-0.2, 0) is 4.74 Å². The number of nitrogens with zero attached hydrogens (tertiary/aromatic N) is 2. The van der Waals surface area contributed by atoms with Crippen molar-refractivity contribution in [3.05, 3.63) is 29.6 Å². The van der Waals surface area contributed by atoms with E-state index in [4.69, 9.17) is 4.74 Å². The predicted molar refractivity (Wildman–Crippen MR) is 88.2 cm³/mol. The van der Waals surface area contributed by atoms with Gasteiger partial charge in [-0.2, -0.15) is 0 Å². The average Bonchev–Trinajstić information content (AvgIpc) is 3.16. The molecule has 2 aliphatic carbocycles. The summed E-state index contributed by atoms with van der Waals surface area (Å²) < 4.78 is 6.05. The molecule has 1 aromatic rings. The average molecular weight is 314 g/mol. The first kappa shape index (κ1) is 15.1. The zero-order chi connectivity index (χ0) is 15.9. The summed E-state index contributed by atoms with van der Waals surface area (Å²) in [5, 5.41) is 0. The van der Waals surface area contributed by atoms with Crippen molar-refractivity contribution in [3.63, 3.8) is 0 Å². The minimum Gasteiger partial charge on any atom is -0.381 e. The lowest BCUT2D eigenvalue weighted by atomic mass is 9.81. The van der Waals surface area contributed by atoms with E-state index >= 15 is 0 Å². The highest BCUT2D eigenvalue weighted by Crippen LogP contribution is 2.49. The van der Waals surface area contributed by atoms with E-state index in [0.29, 0.717) is 11.6 Å². The van der Waals surface area contributed by atoms with E-state index in [0.717, 1.165) is 37.8 Å². The van der Waals surface area contributed by atoms with E-state index < -0.39 is 0 Å². The Balaban J connectivity index is 1.44. The summed E-state index contributed by atoms with van der Waals surface area (Å²) in [6.45, 7) is 5.48. The lowest BCUT2D eigenvalue weighted by Gasteiger charge is -2.28. The number of amides is 1. The van der Waals surface area contributed by atoms with Crippen LogP contribution in [-0.4, -0.2) is 42.1 Å². The number of pyridine rings is 1. The highest BCUT2D eigenvalue weighted by atomic mass is 16.5. The molecule has 3 fully saturated rings. The normalized spacial score (nSPS) is 29.8. The highest BCUT2D eigenvalue weighted by Gasteiger charge is 2.51. The van der Waals surface area contributed by atoms with Gasteiger partial charge in [-0.25, -0.2) is 0 Å². The van der Waals surface area contributed by atoms with Crippen molar-refractivity contribution in [2.45, 2.75) is 39.0 Å². The fraction of sp³-hybridized carbons (Fsp3) is 0.684. The van der Waals surface area contributed by atoms with Gasteiger partial charge in [0.1, 0.15) is 5.69 Å². The third-order valence-corrected chi connectivity index (χ3v) is 5.90. The molecule has 3 aliphatic rings. The van der Waals surface area contributed by atoms with Gasteiger partial charge in [-0.1, -0.05) is 6.42 Å². The van der Waals surface area contributed by atoms with Crippen LogP contribution in [0.2, 0.25) is 0 Å². The molecular formula is C19H26N2O2. The summed E-state index contributed by atoms with van der Waals surface area (Å²) in [6.07, 6.45) is 8.11. The van der Waals surface area contributed by atoms with Gasteiger partial charge in [-0.3, -0.25) is 9.78 Å². The summed E-state index contributed by atoms with van der Waals surface area (Å²) in [5.74, 6) is 1.50. The topological polar surface area (TPSA) is 42.4 Å². The van der Waals surface area contributed by atoms with Gasteiger partial charge in [0.05, 0.1) is 6.61 Å². The third kappa shape index (κ3) is 3.01. The summed E-state index contributed by atoms with van der Waals surface area (Å²) in [5.41, 5.74) is 1.87. The second kappa shape index (κ2) is 5.90. The number of rotatable bonds is 5. The first-order valence-corrected chi connectivity index (χ1v) is 8.96. The standard InChI is InChI=1S/C19H26N2O2/c1-14-6-8-20-17(9-14)18(22)21-10-16-3-2-7-19(16,12-21)13-23-11-15-4-5-15/h6,8-9,15-16H,2-5,7,10-13H2,1H3/t16-,19+/m1/s1. The van der Waals surface area contributed by atoms with Gasteiger partial charge in [-0.15, -0.1) is 0 Å². The molecule has 23 heavy (non-hydrogen) atoms. The lowest BCUT2D eigenvalue weighted by molar-refractivity contribution is 0.0306. The van der Waals surface area contributed by atoms with Crippen molar-refractivity contribution in [3.8, 4) is 0 Å². The maximum atomic E-state index is 12.8. The van der Waals surface area contributed by atoms with Crippen molar-refractivity contribution in [2.75, 3.05) is 26.3 Å². The Morgan fingerprint density at radius 3 is 3.09 bits per heavy atom. The maximum absolute atomic E-state index is 12.8. The maximum Gasteiger partial charge on any atom is 0.272 e. The van der Waals surface area contributed by atoms with Crippen molar-refractivity contribution in [2.24, 2.45) is 17.3 Å². The number of hydrogen-bond acceptors (Lipinski definition) is 3. The number of carbonyl (C=O) groups excluding carboxylic acids is 1. The van der Waals surface area contributed by atoms with Gasteiger partial charge < -0.3 is 9.64 Å². The number of ether oxygens (including phenoxy) is 1. The van der Waals surface area contributed by atoms with Crippen LogP contribution in [0, 0.1) is 24.2 Å². The number of aryl methyl sites for hydroxylation is 1. The van der Waals surface area contributed by atoms with Crippen LogP contribution in [0.1, 0.15) is 48.2 Å². The van der Waals surface area contributed by atoms with E-state index in [-0.39, 0.29) is 11.3 Å². The number of likely N-dealkylation sites (tertiary alicyclic amines) is 1. The number of fused-ring (bicyclic) bond motifs is 1. The summed E-state index contributed by atoms with van der Waals surface area (Å²) >= 11 is 0. The van der Waals surface area contributed by atoms with Crippen LogP contribution in [0.15, 0.2) is 18.3 Å². The Hall–Kier alpha value is -1.42. The molecule has 2 saturated carbocycles. The largest absolute Gasteiger partial charge is 0.381 e. The Morgan fingerprint density at radius 1 is 1.43 bits per heavy atom. The molecule has 0 unspecified atom stereocenters. The number of hydrogen-bond donors (Lipinski definition) is 0. The van der Waals surface area contributed by atoms with Crippen LogP contribution in [0.4, 0.5) is 0 Å². The molecule has 0 radical (unpaired) electrons. The molecule has 1 amide bonds. The number of aromatic nitrogens is 1. The lowest BCUT2D eigenvalue weighted by Crippen LogP contribution is -2.35. The van der Waals surface area contributed by atoms with E-state index in [9.17, 15) is 4.79 Å². The minimum atomic E-state index is 0.0877. The number of carbonyl (C=O) groups is 1. The fourth-order valence-corrected chi connectivity index (χ4v) is 4.33. The van der Waals surface area contributed by atoms with Gasteiger partial charge >= 0.3 is 0 Å². The summed E-state index contributed by atoms with van der Waals surface area (Å²) in [6, 6.07) is 3.83. The third-order valence-electron chi connectivity index (χ3n) is 5.90. The van der Waals surface area contributed by atoms with E-state index in [2.05, 4.69) is 4.98 Å². The van der Waals surface area contributed by atoms with Crippen molar-refractivity contribution >= 4 is 5.91 Å². The van der Waals surface area contributed by atoms with E-state index in [1.165, 1.54) is 32.1 Å². The molecular weight excluding hydrogens is 288 g/mol. The molecule has 1 aromatic heterocycles. The molecule has 4 heteroatoms. The summed E-state index contributed by atoms with van der Waals surface area (Å²) in [4.78, 5) is 19.1. The van der Waals surface area contributed by atoms with Crippen LogP contribution >= 0.6 is 0 Å². The molecule has 4 nitrogen and oxygen atoms in total. The molecule has 124 valence electrons. The van der Waals surface area contributed by atoms with Crippen LogP contribution < -0.4 is 0 Å². The second-order valence-corrected chi connectivity index (χ2v) is 7.81. The van der Waals surface area contributed by atoms with Gasteiger partial charge in [0.15, 0.2) is 0 Å². The molecule has 0 N–H and O–H groups in total. The Morgan fingerprint density at radius 2 is 2.30 bits per heavy atom. The molecule has 0 aromatic carbocycles. The van der Waals surface area contributed by atoms with Crippen LogP contribution in [0.25, 0.3) is 0 Å². The highest BCUT2D eigenvalue weighted by molar-refractivity contribution is 5.92. The predicted octanol–water partition coefficient (Wildman–Crippen LogP) is 3.06. The molecule has 2 atom stereocenters. The van der Waals surface area contributed by atoms with Gasteiger partial charge in [0, 0.05) is 31.3 Å². The fourth-order valence-electron chi connectivity index (χ4n) is 4.33. The first-order valence-electron chi connectivity index (χ1n) is 8.96.